The summed E-state index contributed by atoms with van der Waals surface area (Å²) in [6, 6.07) is 0. The van der Waals surface area contributed by atoms with Crippen molar-refractivity contribution >= 4 is 17.9 Å². The zero-order valence-corrected chi connectivity index (χ0v) is 35.3. The smallest absolute Gasteiger partial charge is 0.306 e. The minimum atomic E-state index is -0.762. The van der Waals surface area contributed by atoms with E-state index in [1.807, 2.05) is 0 Å². The van der Waals surface area contributed by atoms with Crippen LogP contribution in [-0.2, 0) is 28.6 Å². The third-order valence-electron chi connectivity index (χ3n) is 9.96. The Bertz CT molecular complexity index is 865. The lowest BCUT2D eigenvalue weighted by molar-refractivity contribution is -0.167. The second-order valence-electron chi connectivity index (χ2n) is 15.3. The quantitative estimate of drug-likeness (QED) is 0.0268. The molecule has 6 heteroatoms. The predicted molar refractivity (Wildman–Crippen MR) is 224 cm³/mol. The molecule has 0 aliphatic rings. The highest BCUT2D eigenvalue weighted by Crippen LogP contribution is 2.14. The Labute approximate surface area is 328 Å². The van der Waals surface area contributed by atoms with E-state index < -0.39 is 6.10 Å². The van der Waals surface area contributed by atoms with Gasteiger partial charge in [0.2, 0.25) is 0 Å². The highest BCUT2D eigenvalue weighted by atomic mass is 16.6. The summed E-state index contributed by atoms with van der Waals surface area (Å²) in [4.78, 5) is 37.4. The first-order valence-corrected chi connectivity index (χ1v) is 22.8. The van der Waals surface area contributed by atoms with Gasteiger partial charge in [0.25, 0.3) is 0 Å². The van der Waals surface area contributed by atoms with Crippen LogP contribution in [0.25, 0.3) is 0 Å². The van der Waals surface area contributed by atoms with E-state index in [2.05, 4.69) is 45.1 Å². The van der Waals surface area contributed by atoms with Gasteiger partial charge in [-0.25, -0.2) is 0 Å². The molecule has 0 spiro atoms. The molecule has 0 aromatic heterocycles. The number of hydrogen-bond acceptors (Lipinski definition) is 6. The minimum absolute atomic E-state index is 0.0707. The van der Waals surface area contributed by atoms with Crippen LogP contribution in [0.15, 0.2) is 24.3 Å². The van der Waals surface area contributed by atoms with Gasteiger partial charge in [0.15, 0.2) is 6.10 Å². The van der Waals surface area contributed by atoms with Crippen molar-refractivity contribution in [2.75, 3.05) is 13.2 Å². The van der Waals surface area contributed by atoms with Crippen molar-refractivity contribution in [1.82, 2.24) is 0 Å². The number of carbonyl (C=O) groups is 3. The Balaban J connectivity index is 4.10. The summed E-state index contributed by atoms with van der Waals surface area (Å²) in [7, 11) is 0. The van der Waals surface area contributed by atoms with E-state index in [9.17, 15) is 14.4 Å². The van der Waals surface area contributed by atoms with Gasteiger partial charge in [-0.2, -0.15) is 0 Å². The monoisotopic (exact) mass is 747 g/mol. The first-order chi connectivity index (χ1) is 26.0. The molecule has 0 aliphatic heterocycles. The first-order valence-electron chi connectivity index (χ1n) is 22.8. The molecule has 0 aliphatic carbocycles. The van der Waals surface area contributed by atoms with Gasteiger partial charge >= 0.3 is 17.9 Å². The molecular weight excluding hydrogens is 661 g/mol. The zero-order chi connectivity index (χ0) is 38.7. The molecule has 0 saturated heterocycles. The van der Waals surface area contributed by atoms with Gasteiger partial charge in [0.05, 0.1) is 0 Å². The number of allylic oxidation sites excluding steroid dienone is 4. The van der Waals surface area contributed by atoms with Crippen LogP contribution in [0.5, 0.6) is 0 Å². The molecule has 1 unspecified atom stereocenters. The number of unbranched alkanes of at least 4 members (excludes halogenated alkanes) is 26. The molecular formula is C47H86O6. The molecule has 0 aromatic carbocycles. The second kappa shape index (κ2) is 42.6. The molecule has 0 rings (SSSR count). The highest BCUT2D eigenvalue weighted by molar-refractivity contribution is 5.71. The molecule has 0 saturated carbocycles. The molecule has 0 N–H and O–H groups in total. The molecule has 6 nitrogen and oxygen atoms in total. The maximum absolute atomic E-state index is 12.6. The van der Waals surface area contributed by atoms with Crippen LogP contribution in [-0.4, -0.2) is 37.2 Å². The van der Waals surface area contributed by atoms with Crippen molar-refractivity contribution in [3.8, 4) is 0 Å². The number of esters is 3. The summed E-state index contributed by atoms with van der Waals surface area (Å²) in [6.07, 6.45) is 46.2. The van der Waals surface area contributed by atoms with Gasteiger partial charge < -0.3 is 14.2 Å². The number of ether oxygens (including phenoxy) is 3. The van der Waals surface area contributed by atoms with Crippen molar-refractivity contribution in [2.45, 2.75) is 245 Å². The van der Waals surface area contributed by atoms with E-state index in [1.54, 1.807) is 0 Å². The standard InChI is InChI=1S/C47H86O6/c1-4-7-10-13-16-18-19-20-21-22-23-24-25-26-27-28-29-30-32-34-37-40-46(49)52-43-44(42-51-45(48)39-36-33-15-12-9-6-3)53-47(50)41-38-35-31-17-14-11-8-5-2/h19-20,22-23,44H,4-18,21,24-43H2,1-3H3/b20-19-,23-22-. The molecule has 0 radical (unpaired) electrons. The molecule has 0 bridgehead atoms. The van der Waals surface area contributed by atoms with Crippen LogP contribution in [0.1, 0.15) is 239 Å². The summed E-state index contributed by atoms with van der Waals surface area (Å²) in [5.41, 5.74) is 0. The van der Waals surface area contributed by atoms with Gasteiger partial charge in [-0.05, 0) is 51.4 Å². The predicted octanol–water partition coefficient (Wildman–Crippen LogP) is 14.4. The largest absolute Gasteiger partial charge is 0.462 e. The van der Waals surface area contributed by atoms with E-state index >= 15 is 0 Å². The van der Waals surface area contributed by atoms with Gasteiger partial charge in [-0.15, -0.1) is 0 Å². The molecule has 0 heterocycles. The first kappa shape index (κ1) is 50.9. The third-order valence-corrected chi connectivity index (χ3v) is 9.96. The van der Waals surface area contributed by atoms with E-state index in [0.29, 0.717) is 19.3 Å². The van der Waals surface area contributed by atoms with Gasteiger partial charge in [0.1, 0.15) is 13.2 Å². The van der Waals surface area contributed by atoms with Crippen LogP contribution >= 0.6 is 0 Å². The summed E-state index contributed by atoms with van der Waals surface area (Å²) in [6.45, 7) is 6.53. The van der Waals surface area contributed by atoms with Crippen LogP contribution in [0.4, 0.5) is 0 Å². The lowest BCUT2D eigenvalue weighted by atomic mass is 10.1. The molecule has 0 amide bonds. The fourth-order valence-electron chi connectivity index (χ4n) is 6.47. The number of rotatable bonds is 41. The lowest BCUT2D eigenvalue weighted by Gasteiger charge is -2.18. The number of carbonyl (C=O) groups excluding carboxylic acids is 3. The Kier molecular flexibility index (Phi) is 40.9. The van der Waals surface area contributed by atoms with E-state index in [-0.39, 0.29) is 31.1 Å². The van der Waals surface area contributed by atoms with Crippen molar-refractivity contribution in [2.24, 2.45) is 0 Å². The Morgan fingerprint density at radius 2 is 0.679 bits per heavy atom. The van der Waals surface area contributed by atoms with E-state index in [4.69, 9.17) is 14.2 Å². The Morgan fingerprint density at radius 1 is 0.377 bits per heavy atom. The average molecular weight is 747 g/mol. The molecule has 53 heavy (non-hydrogen) atoms. The zero-order valence-electron chi connectivity index (χ0n) is 35.3. The van der Waals surface area contributed by atoms with Crippen molar-refractivity contribution in [3.63, 3.8) is 0 Å². The van der Waals surface area contributed by atoms with Crippen LogP contribution in [0.3, 0.4) is 0 Å². The van der Waals surface area contributed by atoms with E-state index in [1.165, 1.54) is 135 Å². The summed E-state index contributed by atoms with van der Waals surface area (Å²) < 4.78 is 16.6. The van der Waals surface area contributed by atoms with Gasteiger partial charge in [-0.3, -0.25) is 14.4 Å². The Hall–Kier alpha value is -2.11. The highest BCUT2D eigenvalue weighted by Gasteiger charge is 2.19. The second-order valence-corrected chi connectivity index (χ2v) is 15.3. The summed E-state index contributed by atoms with van der Waals surface area (Å²) in [5.74, 6) is -0.885. The molecule has 1 atom stereocenters. The Morgan fingerprint density at radius 3 is 1.04 bits per heavy atom. The maximum Gasteiger partial charge on any atom is 0.306 e. The van der Waals surface area contributed by atoms with Crippen molar-refractivity contribution in [3.05, 3.63) is 24.3 Å². The fraction of sp³-hybridized carbons (Fsp3) is 0.851. The average Bonchev–Trinajstić information content (AvgIpc) is 3.15. The third kappa shape index (κ3) is 40.9. The lowest BCUT2D eigenvalue weighted by Crippen LogP contribution is -2.30. The van der Waals surface area contributed by atoms with Crippen molar-refractivity contribution in [1.29, 1.82) is 0 Å². The SMILES string of the molecule is CCCCCCC/C=C\C/C=C\CCCCCCCCCCCC(=O)OCC(COC(=O)CCCCCCCC)OC(=O)CCCCCCCCCC. The summed E-state index contributed by atoms with van der Waals surface area (Å²) in [5, 5.41) is 0. The minimum Gasteiger partial charge on any atom is -0.462 e. The summed E-state index contributed by atoms with van der Waals surface area (Å²) >= 11 is 0. The topological polar surface area (TPSA) is 78.9 Å². The van der Waals surface area contributed by atoms with Gasteiger partial charge in [-0.1, -0.05) is 193 Å². The van der Waals surface area contributed by atoms with Gasteiger partial charge in [0, 0.05) is 19.3 Å². The number of hydrogen-bond donors (Lipinski definition) is 0. The molecule has 0 aromatic rings. The van der Waals surface area contributed by atoms with Crippen molar-refractivity contribution < 1.29 is 28.6 Å². The molecule has 0 fully saturated rings. The van der Waals surface area contributed by atoms with Crippen LogP contribution < -0.4 is 0 Å². The van der Waals surface area contributed by atoms with E-state index in [0.717, 1.165) is 64.2 Å². The van der Waals surface area contributed by atoms with Crippen LogP contribution in [0.2, 0.25) is 0 Å². The normalized spacial score (nSPS) is 12.1. The van der Waals surface area contributed by atoms with Crippen LogP contribution in [0, 0.1) is 0 Å². The molecule has 310 valence electrons. The fourth-order valence-corrected chi connectivity index (χ4v) is 6.47. The maximum atomic E-state index is 12.6.